The lowest BCUT2D eigenvalue weighted by Gasteiger charge is -2.15. The van der Waals surface area contributed by atoms with Crippen molar-refractivity contribution in [2.75, 3.05) is 13.1 Å². The van der Waals surface area contributed by atoms with Crippen molar-refractivity contribution in [3.05, 3.63) is 32.7 Å². The largest absolute Gasteiger partial charge is 0.338 e. The Hall–Kier alpha value is -1.27. The summed E-state index contributed by atoms with van der Waals surface area (Å²) in [6, 6.07) is 0. The van der Waals surface area contributed by atoms with Crippen LogP contribution in [0.2, 0.25) is 0 Å². The van der Waals surface area contributed by atoms with Crippen LogP contribution in [0, 0.1) is 12.8 Å². The molecule has 0 N–H and O–H groups in total. The van der Waals surface area contributed by atoms with E-state index in [0.717, 1.165) is 36.5 Å². The fourth-order valence-electron chi connectivity index (χ4n) is 2.44. The van der Waals surface area contributed by atoms with Crippen LogP contribution in [0.1, 0.15) is 26.8 Å². The summed E-state index contributed by atoms with van der Waals surface area (Å²) < 4.78 is 0. The number of aryl methyl sites for hydroxylation is 1. The number of hydrogen-bond acceptors (Lipinski definition) is 5. The molecular weight excluding hydrogens is 278 g/mol. The summed E-state index contributed by atoms with van der Waals surface area (Å²) in [4.78, 5) is 23.6. The Bertz CT molecular complexity index is 564. The average molecular weight is 293 g/mol. The van der Waals surface area contributed by atoms with Crippen LogP contribution in [0.4, 0.5) is 0 Å². The van der Waals surface area contributed by atoms with E-state index in [-0.39, 0.29) is 5.91 Å². The van der Waals surface area contributed by atoms with Gasteiger partial charge in [0.2, 0.25) is 0 Å². The molecule has 6 heteroatoms. The van der Waals surface area contributed by atoms with E-state index in [9.17, 15) is 4.79 Å². The van der Waals surface area contributed by atoms with Gasteiger partial charge in [-0.05, 0) is 19.3 Å². The Morgan fingerprint density at radius 1 is 1.47 bits per heavy atom. The molecule has 0 radical (unpaired) electrons. The van der Waals surface area contributed by atoms with Crippen LogP contribution in [0.25, 0.3) is 0 Å². The van der Waals surface area contributed by atoms with Crippen LogP contribution in [-0.4, -0.2) is 33.9 Å². The molecule has 4 nitrogen and oxygen atoms in total. The second-order valence-electron chi connectivity index (χ2n) is 4.80. The SMILES string of the molecule is Cc1ncsc1C(=O)N1CC[C@@H](Cc2nccs2)C1. The summed E-state index contributed by atoms with van der Waals surface area (Å²) in [5.41, 5.74) is 2.59. The molecular formula is C13H15N3OS2. The maximum atomic E-state index is 12.4. The molecule has 3 rings (SSSR count). The van der Waals surface area contributed by atoms with Crippen LogP contribution in [0.5, 0.6) is 0 Å². The molecule has 0 spiro atoms. The molecule has 0 bridgehead atoms. The fraction of sp³-hybridized carbons (Fsp3) is 0.462. The van der Waals surface area contributed by atoms with E-state index >= 15 is 0 Å². The van der Waals surface area contributed by atoms with E-state index in [1.807, 2.05) is 23.4 Å². The van der Waals surface area contributed by atoms with Crippen LogP contribution < -0.4 is 0 Å². The Labute approximate surface area is 120 Å². The predicted octanol–water partition coefficient (Wildman–Crippen LogP) is 2.61. The minimum Gasteiger partial charge on any atom is -0.338 e. The number of nitrogens with zero attached hydrogens (tertiary/aromatic N) is 3. The second kappa shape index (κ2) is 5.38. The monoisotopic (exact) mass is 293 g/mol. The first-order chi connectivity index (χ1) is 9.24. The van der Waals surface area contributed by atoms with Gasteiger partial charge in [0, 0.05) is 31.1 Å². The number of carbonyl (C=O) groups is 1. The van der Waals surface area contributed by atoms with Crippen molar-refractivity contribution in [2.45, 2.75) is 19.8 Å². The van der Waals surface area contributed by atoms with Crippen molar-refractivity contribution in [1.29, 1.82) is 0 Å². The molecule has 0 saturated carbocycles. The van der Waals surface area contributed by atoms with Gasteiger partial charge in [-0.1, -0.05) is 0 Å². The molecule has 19 heavy (non-hydrogen) atoms. The van der Waals surface area contributed by atoms with Gasteiger partial charge < -0.3 is 4.90 Å². The topological polar surface area (TPSA) is 46.1 Å². The zero-order valence-electron chi connectivity index (χ0n) is 10.7. The highest BCUT2D eigenvalue weighted by Crippen LogP contribution is 2.25. The summed E-state index contributed by atoms with van der Waals surface area (Å²) in [6.45, 7) is 3.59. The molecule has 2 aromatic rings. The Morgan fingerprint density at radius 3 is 3.05 bits per heavy atom. The highest BCUT2D eigenvalue weighted by molar-refractivity contribution is 7.11. The third-order valence-electron chi connectivity index (χ3n) is 3.46. The lowest BCUT2D eigenvalue weighted by Crippen LogP contribution is -2.28. The first kappa shape index (κ1) is 12.7. The van der Waals surface area contributed by atoms with Gasteiger partial charge in [-0.2, -0.15) is 0 Å². The van der Waals surface area contributed by atoms with E-state index in [0.29, 0.717) is 5.92 Å². The molecule has 0 unspecified atom stereocenters. The number of thiazole rings is 2. The quantitative estimate of drug-likeness (QED) is 0.874. The molecule has 1 atom stereocenters. The van der Waals surface area contributed by atoms with E-state index in [4.69, 9.17) is 0 Å². The molecule has 1 aliphatic heterocycles. The standard InChI is InChI=1S/C13H15N3OS2/c1-9-12(19-8-15-9)13(17)16-4-2-10(7-16)6-11-14-3-5-18-11/h3,5,8,10H,2,4,6-7H2,1H3/t10-/m0/s1. The highest BCUT2D eigenvalue weighted by Gasteiger charge is 2.28. The van der Waals surface area contributed by atoms with Crippen molar-refractivity contribution in [2.24, 2.45) is 5.92 Å². The highest BCUT2D eigenvalue weighted by atomic mass is 32.1. The summed E-state index contributed by atoms with van der Waals surface area (Å²) in [6.07, 6.45) is 3.91. The van der Waals surface area contributed by atoms with Crippen LogP contribution in [0.3, 0.4) is 0 Å². The van der Waals surface area contributed by atoms with Crippen molar-refractivity contribution >= 4 is 28.6 Å². The molecule has 0 aliphatic carbocycles. The summed E-state index contributed by atoms with van der Waals surface area (Å²) in [5.74, 6) is 0.685. The zero-order chi connectivity index (χ0) is 13.2. The van der Waals surface area contributed by atoms with Gasteiger partial charge in [0.1, 0.15) is 4.88 Å². The van der Waals surface area contributed by atoms with E-state index < -0.39 is 0 Å². The summed E-state index contributed by atoms with van der Waals surface area (Å²) in [5, 5.41) is 3.18. The third kappa shape index (κ3) is 2.69. The van der Waals surface area contributed by atoms with Crippen molar-refractivity contribution < 1.29 is 4.79 Å². The van der Waals surface area contributed by atoms with Gasteiger partial charge in [0.25, 0.3) is 5.91 Å². The second-order valence-corrected chi connectivity index (χ2v) is 6.64. The van der Waals surface area contributed by atoms with Crippen LogP contribution in [0.15, 0.2) is 17.1 Å². The predicted molar refractivity (Wildman–Crippen MR) is 76.7 cm³/mol. The van der Waals surface area contributed by atoms with Crippen molar-refractivity contribution in [1.82, 2.24) is 14.9 Å². The number of likely N-dealkylation sites (tertiary alicyclic amines) is 1. The molecule has 3 heterocycles. The Balaban J connectivity index is 1.63. The first-order valence-corrected chi connectivity index (χ1v) is 8.07. The fourth-order valence-corrected chi connectivity index (χ4v) is 3.94. The van der Waals surface area contributed by atoms with Crippen molar-refractivity contribution in [3.8, 4) is 0 Å². The first-order valence-electron chi connectivity index (χ1n) is 6.32. The number of rotatable bonds is 3. The maximum Gasteiger partial charge on any atom is 0.265 e. The summed E-state index contributed by atoms with van der Waals surface area (Å²) >= 11 is 3.14. The van der Waals surface area contributed by atoms with Gasteiger partial charge in [-0.25, -0.2) is 9.97 Å². The molecule has 2 aromatic heterocycles. The minimum atomic E-state index is 0.140. The van der Waals surface area contributed by atoms with E-state index in [1.165, 1.54) is 16.3 Å². The van der Waals surface area contributed by atoms with E-state index in [2.05, 4.69) is 9.97 Å². The molecule has 1 amide bonds. The van der Waals surface area contributed by atoms with Gasteiger partial charge in [0.05, 0.1) is 16.2 Å². The van der Waals surface area contributed by atoms with E-state index in [1.54, 1.807) is 16.8 Å². The molecule has 0 aromatic carbocycles. The molecule has 1 saturated heterocycles. The van der Waals surface area contributed by atoms with Gasteiger partial charge >= 0.3 is 0 Å². The lowest BCUT2D eigenvalue weighted by molar-refractivity contribution is 0.0791. The Kier molecular flexibility index (Phi) is 3.61. The number of hydrogen-bond donors (Lipinski definition) is 0. The van der Waals surface area contributed by atoms with Gasteiger partial charge in [0.15, 0.2) is 0 Å². The average Bonchev–Trinajstić information content (AvgIpc) is 3.10. The van der Waals surface area contributed by atoms with Crippen LogP contribution in [-0.2, 0) is 6.42 Å². The lowest BCUT2D eigenvalue weighted by atomic mass is 10.1. The number of amides is 1. The van der Waals surface area contributed by atoms with Gasteiger partial charge in [-0.3, -0.25) is 4.79 Å². The van der Waals surface area contributed by atoms with Crippen LogP contribution >= 0.6 is 22.7 Å². The smallest absolute Gasteiger partial charge is 0.265 e. The Morgan fingerprint density at radius 2 is 2.37 bits per heavy atom. The molecule has 1 aliphatic rings. The maximum absolute atomic E-state index is 12.4. The number of carbonyl (C=O) groups excluding carboxylic acids is 1. The number of aromatic nitrogens is 2. The molecule has 100 valence electrons. The zero-order valence-corrected chi connectivity index (χ0v) is 12.3. The minimum absolute atomic E-state index is 0.140. The molecule has 1 fully saturated rings. The summed E-state index contributed by atoms with van der Waals surface area (Å²) in [7, 11) is 0. The van der Waals surface area contributed by atoms with Gasteiger partial charge in [-0.15, -0.1) is 22.7 Å². The van der Waals surface area contributed by atoms with Crippen molar-refractivity contribution in [3.63, 3.8) is 0 Å². The normalized spacial score (nSPS) is 19.0. The third-order valence-corrected chi connectivity index (χ3v) is 5.18.